The SMILES string of the molecule is CCOc1cc(-c2cncc([C@H]3COB(O)C3)c2C)ccc1OC. The summed E-state index contributed by atoms with van der Waals surface area (Å²) in [5, 5.41) is 9.62. The summed E-state index contributed by atoms with van der Waals surface area (Å²) < 4.78 is 16.3. The molecule has 1 saturated heterocycles. The highest BCUT2D eigenvalue weighted by Crippen LogP contribution is 2.37. The van der Waals surface area contributed by atoms with Gasteiger partial charge in [0.15, 0.2) is 11.5 Å². The molecular formula is C18H22BNO4. The van der Waals surface area contributed by atoms with E-state index in [0.29, 0.717) is 19.5 Å². The summed E-state index contributed by atoms with van der Waals surface area (Å²) in [5.41, 5.74) is 4.36. The summed E-state index contributed by atoms with van der Waals surface area (Å²) in [4.78, 5) is 4.40. The van der Waals surface area contributed by atoms with Crippen LogP contribution < -0.4 is 9.47 Å². The molecule has 126 valence electrons. The van der Waals surface area contributed by atoms with Gasteiger partial charge in [0.25, 0.3) is 0 Å². The van der Waals surface area contributed by atoms with Crippen molar-refractivity contribution in [3.8, 4) is 22.6 Å². The number of rotatable bonds is 5. The molecule has 2 aromatic rings. The van der Waals surface area contributed by atoms with Crippen molar-refractivity contribution in [1.82, 2.24) is 4.98 Å². The number of hydrogen-bond acceptors (Lipinski definition) is 5. The average Bonchev–Trinajstić information content (AvgIpc) is 3.01. The van der Waals surface area contributed by atoms with E-state index in [2.05, 4.69) is 11.9 Å². The molecule has 6 heteroatoms. The highest BCUT2D eigenvalue weighted by atomic mass is 16.5. The van der Waals surface area contributed by atoms with Crippen molar-refractivity contribution in [2.75, 3.05) is 20.3 Å². The van der Waals surface area contributed by atoms with Gasteiger partial charge in [-0.15, -0.1) is 0 Å². The van der Waals surface area contributed by atoms with Crippen LogP contribution >= 0.6 is 0 Å². The second-order valence-corrected chi connectivity index (χ2v) is 5.92. The van der Waals surface area contributed by atoms with Gasteiger partial charge in [0.2, 0.25) is 0 Å². The van der Waals surface area contributed by atoms with Crippen LogP contribution in [0.4, 0.5) is 0 Å². The molecule has 0 spiro atoms. The van der Waals surface area contributed by atoms with Crippen LogP contribution in [0.3, 0.4) is 0 Å². The fraction of sp³-hybridized carbons (Fsp3) is 0.389. The lowest BCUT2D eigenvalue weighted by Crippen LogP contribution is -2.08. The van der Waals surface area contributed by atoms with E-state index in [4.69, 9.17) is 14.1 Å². The standard InChI is InChI=1S/C18H22BNO4/c1-4-23-18-7-13(5-6-17(18)22-3)15-9-20-10-16(12(15)2)14-8-19(21)24-11-14/h5-7,9-10,14,21H,4,8,11H2,1-3H3/t14-/m1/s1. The van der Waals surface area contributed by atoms with Gasteiger partial charge in [-0.05, 0) is 49.0 Å². The predicted molar refractivity (Wildman–Crippen MR) is 93.6 cm³/mol. The van der Waals surface area contributed by atoms with Gasteiger partial charge in [-0.2, -0.15) is 0 Å². The molecule has 2 heterocycles. The Morgan fingerprint density at radius 2 is 2.17 bits per heavy atom. The molecular weight excluding hydrogens is 305 g/mol. The maximum Gasteiger partial charge on any atom is 0.454 e. The topological polar surface area (TPSA) is 60.8 Å². The number of methoxy groups -OCH3 is 1. The summed E-state index contributed by atoms with van der Waals surface area (Å²) in [6, 6.07) is 5.90. The lowest BCUT2D eigenvalue weighted by Gasteiger charge is -2.16. The van der Waals surface area contributed by atoms with Crippen molar-refractivity contribution in [1.29, 1.82) is 0 Å². The van der Waals surface area contributed by atoms with E-state index in [9.17, 15) is 5.02 Å². The molecule has 1 aromatic carbocycles. The molecule has 1 atom stereocenters. The molecule has 3 rings (SSSR count). The molecule has 0 bridgehead atoms. The summed E-state index contributed by atoms with van der Waals surface area (Å²) in [5.74, 6) is 1.62. The van der Waals surface area contributed by atoms with Gasteiger partial charge >= 0.3 is 7.12 Å². The van der Waals surface area contributed by atoms with Gasteiger partial charge in [0.1, 0.15) is 0 Å². The van der Waals surface area contributed by atoms with E-state index in [1.54, 1.807) is 7.11 Å². The molecule has 24 heavy (non-hydrogen) atoms. The first-order valence-electron chi connectivity index (χ1n) is 8.19. The molecule has 0 saturated carbocycles. The van der Waals surface area contributed by atoms with Crippen LogP contribution in [0.15, 0.2) is 30.6 Å². The second kappa shape index (κ2) is 7.24. The molecule has 0 aliphatic carbocycles. The van der Waals surface area contributed by atoms with Crippen molar-refractivity contribution >= 4 is 7.12 Å². The molecule has 1 aromatic heterocycles. The number of nitrogens with zero attached hydrogens (tertiary/aromatic N) is 1. The number of hydrogen-bond donors (Lipinski definition) is 1. The Morgan fingerprint density at radius 3 is 2.83 bits per heavy atom. The molecule has 5 nitrogen and oxygen atoms in total. The van der Waals surface area contributed by atoms with Crippen molar-refractivity contribution in [3.05, 3.63) is 41.7 Å². The fourth-order valence-corrected chi connectivity index (χ4v) is 3.18. The Labute approximate surface area is 142 Å². The second-order valence-electron chi connectivity index (χ2n) is 5.92. The monoisotopic (exact) mass is 327 g/mol. The van der Waals surface area contributed by atoms with E-state index < -0.39 is 7.12 Å². The Bertz CT molecular complexity index is 722. The molecule has 1 fully saturated rings. The van der Waals surface area contributed by atoms with E-state index in [0.717, 1.165) is 33.8 Å². The van der Waals surface area contributed by atoms with Crippen molar-refractivity contribution in [2.24, 2.45) is 0 Å². The average molecular weight is 327 g/mol. The Kier molecular flexibility index (Phi) is 5.07. The minimum atomic E-state index is -0.677. The number of ether oxygens (including phenoxy) is 2. The van der Waals surface area contributed by atoms with Crippen molar-refractivity contribution < 1.29 is 19.2 Å². The summed E-state index contributed by atoms with van der Waals surface area (Å²) >= 11 is 0. The van der Waals surface area contributed by atoms with Crippen LogP contribution in [0.2, 0.25) is 6.32 Å². The highest BCUT2D eigenvalue weighted by molar-refractivity contribution is 6.43. The fourth-order valence-electron chi connectivity index (χ4n) is 3.18. The van der Waals surface area contributed by atoms with Gasteiger partial charge in [0.05, 0.1) is 13.7 Å². The Hall–Kier alpha value is -2.05. The first-order valence-corrected chi connectivity index (χ1v) is 8.19. The van der Waals surface area contributed by atoms with Crippen molar-refractivity contribution in [3.63, 3.8) is 0 Å². The molecule has 0 radical (unpaired) electrons. The van der Waals surface area contributed by atoms with Gasteiger partial charge in [-0.1, -0.05) is 6.07 Å². The minimum Gasteiger partial charge on any atom is -0.493 e. The summed E-state index contributed by atoms with van der Waals surface area (Å²) in [7, 11) is 0.958. The smallest absolute Gasteiger partial charge is 0.454 e. The lowest BCUT2D eigenvalue weighted by atomic mass is 9.78. The number of pyridine rings is 1. The van der Waals surface area contributed by atoms with Crippen LogP contribution in [0.25, 0.3) is 11.1 Å². The lowest BCUT2D eigenvalue weighted by molar-refractivity contribution is 0.292. The summed E-state index contributed by atoms with van der Waals surface area (Å²) in [6.07, 6.45) is 4.35. The van der Waals surface area contributed by atoms with Crippen LogP contribution in [0, 0.1) is 6.92 Å². The third-order valence-corrected chi connectivity index (χ3v) is 4.44. The molecule has 1 aliphatic rings. The van der Waals surface area contributed by atoms with Gasteiger partial charge in [-0.3, -0.25) is 4.98 Å². The van der Waals surface area contributed by atoms with Crippen LogP contribution in [0.5, 0.6) is 11.5 Å². The van der Waals surface area contributed by atoms with E-state index in [1.165, 1.54) is 0 Å². The van der Waals surface area contributed by atoms with E-state index in [1.807, 2.05) is 37.5 Å². The normalized spacial score (nSPS) is 17.2. The molecule has 0 unspecified atom stereocenters. The Morgan fingerprint density at radius 1 is 1.33 bits per heavy atom. The van der Waals surface area contributed by atoms with Crippen LogP contribution in [0.1, 0.15) is 24.0 Å². The predicted octanol–water partition coefficient (Wildman–Crippen LogP) is 3.06. The molecule has 1 aliphatic heterocycles. The minimum absolute atomic E-state index is 0.178. The zero-order valence-electron chi connectivity index (χ0n) is 14.3. The van der Waals surface area contributed by atoms with Gasteiger partial charge in [-0.25, -0.2) is 0 Å². The Balaban J connectivity index is 1.99. The first-order chi connectivity index (χ1) is 11.6. The molecule has 1 N–H and O–H groups in total. The highest BCUT2D eigenvalue weighted by Gasteiger charge is 2.31. The number of benzene rings is 1. The largest absolute Gasteiger partial charge is 0.493 e. The van der Waals surface area contributed by atoms with Crippen LogP contribution in [-0.4, -0.2) is 37.4 Å². The first kappa shape index (κ1) is 16.8. The third-order valence-electron chi connectivity index (χ3n) is 4.44. The van der Waals surface area contributed by atoms with E-state index in [-0.39, 0.29) is 5.92 Å². The van der Waals surface area contributed by atoms with E-state index >= 15 is 0 Å². The zero-order valence-corrected chi connectivity index (χ0v) is 14.3. The van der Waals surface area contributed by atoms with Gasteiger partial charge in [0, 0.05) is 30.5 Å². The number of aromatic nitrogens is 1. The molecule has 0 amide bonds. The zero-order chi connectivity index (χ0) is 17.1. The van der Waals surface area contributed by atoms with Crippen molar-refractivity contribution in [2.45, 2.75) is 26.1 Å². The quantitative estimate of drug-likeness (QED) is 0.855. The third kappa shape index (κ3) is 3.25. The maximum absolute atomic E-state index is 9.62. The summed E-state index contributed by atoms with van der Waals surface area (Å²) in [6.45, 7) is 5.14. The maximum atomic E-state index is 9.62. The van der Waals surface area contributed by atoms with Gasteiger partial charge < -0.3 is 19.2 Å². The van der Waals surface area contributed by atoms with Crippen LogP contribution in [-0.2, 0) is 4.65 Å².